The molecule has 104 valence electrons. The van der Waals surface area contributed by atoms with Crippen LogP contribution in [0.2, 0.25) is 0 Å². The van der Waals surface area contributed by atoms with E-state index >= 15 is 0 Å². The van der Waals surface area contributed by atoms with Gasteiger partial charge in [-0.05, 0) is 6.92 Å². The first kappa shape index (κ1) is 16.7. The molecule has 0 rings (SSSR count). The van der Waals surface area contributed by atoms with E-state index in [0.29, 0.717) is 19.6 Å². The maximum absolute atomic E-state index is 11.5. The van der Waals surface area contributed by atoms with E-state index in [2.05, 4.69) is 10.6 Å². The number of amides is 2. The fraction of sp³-hybridized carbons (Fsp3) is 0.700. The quantitative estimate of drug-likeness (QED) is 0.352. The number of hydrogen-bond acceptors (Lipinski definition) is 5. The van der Waals surface area contributed by atoms with Gasteiger partial charge >= 0.3 is 5.97 Å². The second-order valence-electron chi connectivity index (χ2n) is 3.43. The molecule has 0 saturated heterocycles. The lowest BCUT2D eigenvalue weighted by molar-refractivity contribution is -0.139. The maximum atomic E-state index is 11.5. The van der Waals surface area contributed by atoms with E-state index in [-0.39, 0.29) is 11.7 Å². The third-order valence-corrected chi connectivity index (χ3v) is 3.29. The highest BCUT2D eigenvalue weighted by molar-refractivity contribution is 8.00. The topological polar surface area (TPSA) is 105 Å². The molecule has 2 amide bonds. The van der Waals surface area contributed by atoms with Crippen molar-refractivity contribution < 1.29 is 24.2 Å². The van der Waals surface area contributed by atoms with Crippen molar-refractivity contribution in [3.8, 4) is 0 Å². The first-order valence-electron chi connectivity index (χ1n) is 5.33. The first-order valence-corrected chi connectivity index (χ1v) is 6.38. The second kappa shape index (κ2) is 9.72. The number of carboxylic acids is 1. The molecule has 0 aromatic carbocycles. The van der Waals surface area contributed by atoms with Crippen molar-refractivity contribution in [3.63, 3.8) is 0 Å². The third kappa shape index (κ3) is 7.13. The Morgan fingerprint density at radius 1 is 1.50 bits per heavy atom. The zero-order chi connectivity index (χ0) is 14.0. The van der Waals surface area contributed by atoms with Crippen LogP contribution in [0, 0.1) is 0 Å². The first-order chi connectivity index (χ1) is 8.52. The van der Waals surface area contributed by atoms with Gasteiger partial charge in [-0.1, -0.05) is 0 Å². The van der Waals surface area contributed by atoms with E-state index in [1.807, 2.05) is 0 Å². The molecule has 0 spiro atoms. The zero-order valence-electron chi connectivity index (χ0n) is 10.3. The number of hydrogen-bond donors (Lipinski definition) is 3. The zero-order valence-corrected chi connectivity index (χ0v) is 11.2. The lowest BCUT2D eigenvalue weighted by Crippen LogP contribution is -2.39. The summed E-state index contributed by atoms with van der Waals surface area (Å²) < 4.78 is 4.79. The summed E-state index contributed by atoms with van der Waals surface area (Å²) in [4.78, 5) is 32.5. The van der Waals surface area contributed by atoms with Crippen LogP contribution in [0.3, 0.4) is 0 Å². The molecule has 0 aliphatic rings. The van der Waals surface area contributed by atoms with Crippen molar-refractivity contribution >= 4 is 30.0 Å². The Balaban J connectivity index is 3.98. The van der Waals surface area contributed by atoms with E-state index < -0.39 is 17.3 Å². The summed E-state index contributed by atoms with van der Waals surface area (Å²) in [5, 5.41) is 13.2. The molecule has 0 aromatic rings. The summed E-state index contributed by atoms with van der Waals surface area (Å²) in [6.07, 6.45) is 0.336. The van der Waals surface area contributed by atoms with Crippen LogP contribution in [-0.2, 0) is 19.1 Å². The van der Waals surface area contributed by atoms with Gasteiger partial charge in [-0.25, -0.2) is 4.79 Å². The van der Waals surface area contributed by atoms with Gasteiger partial charge in [-0.2, -0.15) is 0 Å². The average molecular weight is 278 g/mol. The van der Waals surface area contributed by atoms with Gasteiger partial charge in [0.05, 0.1) is 11.9 Å². The van der Waals surface area contributed by atoms with Gasteiger partial charge < -0.3 is 20.5 Å². The van der Waals surface area contributed by atoms with Crippen molar-refractivity contribution in [2.45, 2.75) is 18.2 Å². The minimum atomic E-state index is -1.12. The fourth-order valence-electron chi connectivity index (χ4n) is 1.01. The van der Waals surface area contributed by atoms with Crippen molar-refractivity contribution in [2.24, 2.45) is 0 Å². The number of rotatable bonds is 10. The van der Waals surface area contributed by atoms with Gasteiger partial charge in [0.1, 0.15) is 6.04 Å². The second-order valence-corrected chi connectivity index (χ2v) is 4.81. The largest absolute Gasteiger partial charge is 0.480 e. The van der Waals surface area contributed by atoms with Crippen LogP contribution in [0.1, 0.15) is 6.92 Å². The molecule has 2 unspecified atom stereocenters. The van der Waals surface area contributed by atoms with E-state index in [1.54, 1.807) is 6.92 Å². The average Bonchev–Trinajstić information content (AvgIpc) is 2.33. The van der Waals surface area contributed by atoms with Crippen LogP contribution in [-0.4, -0.2) is 60.7 Å². The number of nitrogens with one attached hydrogen (secondary N) is 2. The SMILES string of the molecule is COCCNC(=O)C(C)SCC(NC=O)C(=O)O. The highest BCUT2D eigenvalue weighted by atomic mass is 32.2. The normalized spacial score (nSPS) is 13.4. The summed E-state index contributed by atoms with van der Waals surface area (Å²) >= 11 is 1.16. The van der Waals surface area contributed by atoms with E-state index in [1.165, 1.54) is 7.11 Å². The Labute approximate surface area is 110 Å². The van der Waals surface area contributed by atoms with Crippen molar-refractivity contribution in [1.82, 2.24) is 10.6 Å². The molecule has 0 aliphatic heterocycles. The molecule has 2 atom stereocenters. The van der Waals surface area contributed by atoms with Crippen LogP contribution >= 0.6 is 11.8 Å². The lowest BCUT2D eigenvalue weighted by Gasteiger charge is -2.15. The van der Waals surface area contributed by atoms with Gasteiger partial charge in [0.25, 0.3) is 0 Å². The van der Waals surface area contributed by atoms with E-state index in [9.17, 15) is 14.4 Å². The highest BCUT2D eigenvalue weighted by Gasteiger charge is 2.20. The number of carboxylic acid groups (broad SMARTS) is 1. The Kier molecular flexibility index (Phi) is 9.03. The van der Waals surface area contributed by atoms with Crippen LogP contribution < -0.4 is 10.6 Å². The molecule has 3 N–H and O–H groups in total. The highest BCUT2D eigenvalue weighted by Crippen LogP contribution is 2.12. The molecule has 0 fully saturated rings. The minimum Gasteiger partial charge on any atom is -0.480 e. The Bertz CT molecular complexity index is 287. The Morgan fingerprint density at radius 2 is 2.17 bits per heavy atom. The molecule has 0 saturated carbocycles. The molecule has 0 radical (unpaired) electrons. The molecule has 8 heteroatoms. The fourth-order valence-corrected chi connectivity index (χ4v) is 1.96. The third-order valence-electron chi connectivity index (χ3n) is 2.05. The predicted molar refractivity (Wildman–Crippen MR) is 67.4 cm³/mol. The summed E-state index contributed by atoms with van der Waals surface area (Å²) in [5.41, 5.74) is 0. The molecule has 0 aliphatic carbocycles. The summed E-state index contributed by atoms with van der Waals surface area (Å²) in [5.74, 6) is -1.18. The van der Waals surface area contributed by atoms with Crippen molar-refractivity contribution in [1.29, 1.82) is 0 Å². The number of carbonyl (C=O) groups is 3. The Hall–Kier alpha value is -1.28. The number of methoxy groups -OCH3 is 1. The van der Waals surface area contributed by atoms with E-state index in [0.717, 1.165) is 11.8 Å². The minimum absolute atomic E-state index is 0.132. The molecule has 7 nitrogen and oxygen atoms in total. The molecule has 18 heavy (non-hydrogen) atoms. The van der Waals surface area contributed by atoms with Crippen LogP contribution in [0.25, 0.3) is 0 Å². The van der Waals surface area contributed by atoms with Crippen LogP contribution in [0.4, 0.5) is 0 Å². The summed E-state index contributed by atoms with van der Waals surface area (Å²) in [7, 11) is 1.53. The smallest absolute Gasteiger partial charge is 0.327 e. The molecule has 0 aromatic heterocycles. The number of ether oxygens (including phenoxy) is 1. The molecule has 0 bridgehead atoms. The number of carbonyl (C=O) groups excluding carboxylic acids is 2. The molecular weight excluding hydrogens is 260 g/mol. The summed E-state index contributed by atoms with van der Waals surface area (Å²) in [6, 6.07) is -0.985. The molecule has 0 heterocycles. The van der Waals surface area contributed by atoms with Gasteiger partial charge in [-0.3, -0.25) is 9.59 Å². The van der Waals surface area contributed by atoms with Gasteiger partial charge in [0.2, 0.25) is 12.3 Å². The van der Waals surface area contributed by atoms with Gasteiger partial charge in [0.15, 0.2) is 0 Å². The number of aliphatic carboxylic acids is 1. The maximum Gasteiger partial charge on any atom is 0.327 e. The van der Waals surface area contributed by atoms with Gasteiger partial charge in [-0.15, -0.1) is 11.8 Å². The molecular formula is C10H18N2O5S. The number of thioether (sulfide) groups is 1. The monoisotopic (exact) mass is 278 g/mol. The van der Waals surface area contributed by atoms with Gasteiger partial charge in [0, 0.05) is 19.4 Å². The van der Waals surface area contributed by atoms with Crippen molar-refractivity contribution in [2.75, 3.05) is 26.0 Å². The lowest BCUT2D eigenvalue weighted by atomic mass is 10.3. The predicted octanol–water partition coefficient (Wildman–Crippen LogP) is -0.930. The van der Waals surface area contributed by atoms with Crippen molar-refractivity contribution in [3.05, 3.63) is 0 Å². The van der Waals surface area contributed by atoms with Crippen LogP contribution in [0.5, 0.6) is 0 Å². The summed E-state index contributed by atoms with van der Waals surface area (Å²) in [6.45, 7) is 2.51. The van der Waals surface area contributed by atoms with E-state index in [4.69, 9.17) is 9.84 Å². The standard InChI is InChI=1S/C10H18N2O5S/c1-7(9(14)11-3-4-17-2)18-5-8(10(15)16)12-6-13/h6-8H,3-5H2,1-2H3,(H,11,14)(H,12,13)(H,15,16). The Morgan fingerprint density at radius 3 is 2.67 bits per heavy atom. The van der Waals surface area contributed by atoms with Crippen LogP contribution in [0.15, 0.2) is 0 Å².